The lowest BCUT2D eigenvalue weighted by Crippen LogP contribution is -2.35. The van der Waals surface area contributed by atoms with E-state index in [1.807, 2.05) is 20.8 Å². The number of carbonyl (C=O) groups is 2. The highest BCUT2D eigenvalue weighted by Gasteiger charge is 2.51. The fourth-order valence-electron chi connectivity index (χ4n) is 5.91. The summed E-state index contributed by atoms with van der Waals surface area (Å²) in [5, 5.41) is 11.2. The van der Waals surface area contributed by atoms with E-state index in [1.54, 1.807) is 25.1 Å². The molecule has 202 valence electrons. The quantitative estimate of drug-likeness (QED) is 0.247. The van der Waals surface area contributed by atoms with Crippen molar-refractivity contribution in [3.05, 3.63) is 57.6 Å². The van der Waals surface area contributed by atoms with E-state index < -0.39 is 17.5 Å². The van der Waals surface area contributed by atoms with Crippen molar-refractivity contribution in [1.29, 1.82) is 0 Å². The van der Waals surface area contributed by atoms with Gasteiger partial charge in [0.2, 0.25) is 0 Å². The van der Waals surface area contributed by atoms with E-state index in [-0.39, 0.29) is 53.0 Å². The second-order valence-electron chi connectivity index (χ2n) is 11.2. The molecule has 4 atom stereocenters. The molecule has 3 unspecified atom stereocenters. The Labute approximate surface area is 227 Å². The summed E-state index contributed by atoms with van der Waals surface area (Å²) in [6, 6.07) is 4.93. The molecule has 3 aliphatic rings. The van der Waals surface area contributed by atoms with Crippen molar-refractivity contribution in [1.82, 2.24) is 0 Å². The van der Waals surface area contributed by atoms with Crippen LogP contribution in [0.25, 0.3) is 0 Å². The summed E-state index contributed by atoms with van der Waals surface area (Å²) < 4.78 is 23.5. The highest BCUT2D eigenvalue weighted by Crippen LogP contribution is 2.53. The molecule has 1 fully saturated rings. The monoisotopic (exact) mass is 540 g/mol. The molecular formula is C30H33ClO7. The minimum absolute atomic E-state index is 0.0534. The van der Waals surface area contributed by atoms with Crippen molar-refractivity contribution < 1.29 is 33.6 Å². The van der Waals surface area contributed by atoms with Gasteiger partial charge in [-0.05, 0) is 74.6 Å². The minimum atomic E-state index is -0.842. The van der Waals surface area contributed by atoms with Crippen LogP contribution in [0.4, 0.5) is 0 Å². The summed E-state index contributed by atoms with van der Waals surface area (Å²) in [4.78, 5) is 26.7. The zero-order valence-electron chi connectivity index (χ0n) is 22.3. The molecule has 0 saturated heterocycles. The van der Waals surface area contributed by atoms with Crippen molar-refractivity contribution in [3.63, 3.8) is 0 Å². The number of ether oxygens (including phenoxy) is 4. The van der Waals surface area contributed by atoms with Gasteiger partial charge in [0.25, 0.3) is 0 Å². The molecule has 1 aliphatic heterocycles. The average molecular weight is 541 g/mol. The van der Waals surface area contributed by atoms with Gasteiger partial charge >= 0.3 is 11.9 Å². The number of hydrogen-bond acceptors (Lipinski definition) is 7. The number of esters is 2. The molecule has 2 aromatic carbocycles. The molecule has 0 amide bonds. The van der Waals surface area contributed by atoms with Gasteiger partial charge in [0, 0.05) is 5.56 Å². The lowest BCUT2D eigenvalue weighted by Gasteiger charge is -2.30. The molecule has 2 aliphatic carbocycles. The first-order valence-electron chi connectivity index (χ1n) is 13.0. The largest absolute Gasteiger partial charge is 0.495 e. The number of aliphatic hydroxyl groups is 1. The standard InChI is InChI=1S/C30H33ClO7/c1-15(2)10-21(32)19-8-9-22-24(27(19)35-5)28(33)36-14-20-25(31)16(3)11-23(26(20)37-22)38-29(34)30(4)13-17-6-7-18(30)12-17/h6-9,11,15,17-18,21,32H,10,12-14H2,1-5H3/t17?,18?,21-,30?/m0/s1. The summed E-state index contributed by atoms with van der Waals surface area (Å²) in [6.45, 7) is 7.55. The second kappa shape index (κ2) is 9.93. The second-order valence-corrected chi connectivity index (χ2v) is 11.6. The molecule has 5 rings (SSSR count). The van der Waals surface area contributed by atoms with Crippen LogP contribution < -0.4 is 14.2 Å². The number of benzene rings is 2. The molecule has 0 spiro atoms. The molecule has 2 aromatic rings. The number of carbonyl (C=O) groups excluding carboxylic acids is 2. The topological polar surface area (TPSA) is 91.3 Å². The van der Waals surface area contributed by atoms with Gasteiger partial charge in [0.1, 0.15) is 23.7 Å². The number of cyclic esters (lactones) is 1. The fraction of sp³-hybridized carbons (Fsp3) is 0.467. The van der Waals surface area contributed by atoms with Crippen LogP contribution in [0.5, 0.6) is 23.0 Å². The lowest BCUT2D eigenvalue weighted by molar-refractivity contribution is -0.146. The van der Waals surface area contributed by atoms with Gasteiger partial charge in [-0.2, -0.15) is 0 Å². The van der Waals surface area contributed by atoms with Crippen LogP contribution >= 0.6 is 11.6 Å². The third kappa shape index (κ3) is 4.46. The number of rotatable bonds is 6. The molecule has 1 N–H and O–H groups in total. The number of aliphatic hydroxyl groups excluding tert-OH is 1. The van der Waals surface area contributed by atoms with E-state index >= 15 is 0 Å². The molecule has 38 heavy (non-hydrogen) atoms. The maximum Gasteiger partial charge on any atom is 0.346 e. The van der Waals surface area contributed by atoms with Gasteiger partial charge in [-0.15, -0.1) is 0 Å². The Kier molecular flexibility index (Phi) is 6.95. The number of halogens is 1. The summed E-state index contributed by atoms with van der Waals surface area (Å²) in [5.41, 5.74) is 0.965. The van der Waals surface area contributed by atoms with Crippen molar-refractivity contribution in [2.24, 2.45) is 23.2 Å². The number of methoxy groups -OCH3 is 1. The average Bonchev–Trinajstić information content (AvgIpc) is 3.46. The first-order chi connectivity index (χ1) is 18.0. The van der Waals surface area contributed by atoms with Gasteiger partial charge in [-0.25, -0.2) is 4.79 Å². The van der Waals surface area contributed by atoms with Crippen molar-refractivity contribution in [3.8, 4) is 23.0 Å². The van der Waals surface area contributed by atoms with Gasteiger partial charge in [-0.1, -0.05) is 37.6 Å². The Morgan fingerprint density at radius 3 is 2.68 bits per heavy atom. The van der Waals surface area contributed by atoms with E-state index in [0.29, 0.717) is 34.1 Å². The smallest absolute Gasteiger partial charge is 0.346 e. The van der Waals surface area contributed by atoms with Gasteiger partial charge in [-0.3, -0.25) is 4.79 Å². The van der Waals surface area contributed by atoms with Crippen LogP contribution in [0.15, 0.2) is 30.4 Å². The third-order valence-corrected chi connectivity index (χ3v) is 8.50. The predicted octanol–water partition coefficient (Wildman–Crippen LogP) is 6.71. The highest BCUT2D eigenvalue weighted by molar-refractivity contribution is 6.32. The van der Waals surface area contributed by atoms with Crippen molar-refractivity contribution in [2.45, 2.75) is 59.7 Å². The Morgan fingerprint density at radius 1 is 1.29 bits per heavy atom. The van der Waals surface area contributed by atoms with Crippen molar-refractivity contribution in [2.75, 3.05) is 7.11 Å². The van der Waals surface area contributed by atoms with Crippen LogP contribution in [-0.2, 0) is 16.1 Å². The zero-order valence-corrected chi connectivity index (χ0v) is 23.1. The first kappa shape index (κ1) is 26.6. The molecule has 1 heterocycles. The van der Waals surface area contributed by atoms with Gasteiger partial charge < -0.3 is 24.1 Å². The number of allylic oxidation sites excluding steroid dienone is 2. The van der Waals surface area contributed by atoms with Crippen molar-refractivity contribution >= 4 is 23.5 Å². The minimum Gasteiger partial charge on any atom is -0.495 e. The molecule has 0 aromatic heterocycles. The fourth-order valence-corrected chi connectivity index (χ4v) is 6.10. The van der Waals surface area contributed by atoms with Gasteiger partial charge in [0.15, 0.2) is 11.5 Å². The molecule has 8 heteroatoms. The van der Waals surface area contributed by atoms with Crippen LogP contribution in [0.1, 0.15) is 73.2 Å². The Bertz CT molecular complexity index is 1330. The Morgan fingerprint density at radius 2 is 2.05 bits per heavy atom. The first-order valence-corrected chi connectivity index (χ1v) is 13.4. The maximum absolute atomic E-state index is 13.5. The van der Waals surface area contributed by atoms with Crippen LogP contribution in [0, 0.1) is 30.1 Å². The van der Waals surface area contributed by atoms with Gasteiger partial charge in [0.05, 0.1) is 29.2 Å². The third-order valence-electron chi connectivity index (χ3n) is 7.97. The van der Waals surface area contributed by atoms with Crippen LogP contribution in [-0.4, -0.2) is 24.2 Å². The number of fused-ring (bicyclic) bond motifs is 4. The summed E-state index contributed by atoms with van der Waals surface area (Å²) in [6.07, 6.45) is 5.62. The summed E-state index contributed by atoms with van der Waals surface area (Å²) in [5.74, 6) is 0.514. The molecule has 0 radical (unpaired) electrons. The Hall–Kier alpha value is -3.03. The molecule has 2 bridgehead atoms. The summed E-state index contributed by atoms with van der Waals surface area (Å²) in [7, 11) is 1.43. The van der Waals surface area contributed by atoms with E-state index in [0.717, 1.165) is 12.8 Å². The lowest BCUT2D eigenvalue weighted by atomic mass is 9.78. The Balaban J connectivity index is 1.57. The zero-order chi connectivity index (χ0) is 27.4. The SMILES string of the molecule is COc1c([C@@H](O)CC(C)C)ccc2c1C(=O)OCc1c(Cl)c(C)cc(OC(=O)C3(C)CC4C=CC3C4)c1O2. The predicted molar refractivity (Wildman–Crippen MR) is 142 cm³/mol. The molecule has 1 saturated carbocycles. The van der Waals surface area contributed by atoms with E-state index in [9.17, 15) is 14.7 Å². The number of aryl methyl sites for hydroxylation is 1. The highest BCUT2D eigenvalue weighted by atomic mass is 35.5. The van der Waals surface area contributed by atoms with E-state index in [2.05, 4.69) is 12.2 Å². The normalized spacial score (nSPS) is 24.2. The molecule has 7 nitrogen and oxygen atoms in total. The molecular weight excluding hydrogens is 508 g/mol. The number of hydrogen-bond donors (Lipinski definition) is 1. The van der Waals surface area contributed by atoms with Crippen LogP contribution in [0.3, 0.4) is 0 Å². The van der Waals surface area contributed by atoms with Crippen LogP contribution in [0.2, 0.25) is 5.02 Å². The van der Waals surface area contributed by atoms with E-state index in [4.69, 9.17) is 30.5 Å². The van der Waals surface area contributed by atoms with E-state index in [1.165, 1.54) is 7.11 Å². The maximum atomic E-state index is 13.5. The summed E-state index contributed by atoms with van der Waals surface area (Å²) >= 11 is 6.62.